The first kappa shape index (κ1) is 16.9. The SMILES string of the molecule is Cc1c(C(=O)Nc2nc(-c3ccccc3)cs2)nnn1C1CCNCC1. The van der Waals surface area contributed by atoms with Crippen molar-refractivity contribution in [3.8, 4) is 11.3 Å². The maximum Gasteiger partial charge on any atom is 0.279 e. The molecule has 26 heavy (non-hydrogen) atoms. The lowest BCUT2D eigenvalue weighted by atomic mass is 10.1. The smallest absolute Gasteiger partial charge is 0.279 e. The molecule has 4 rings (SSSR count). The minimum Gasteiger partial charge on any atom is -0.317 e. The van der Waals surface area contributed by atoms with Crippen molar-refractivity contribution in [1.29, 1.82) is 0 Å². The van der Waals surface area contributed by atoms with E-state index in [1.807, 2.05) is 47.3 Å². The number of anilines is 1. The Kier molecular flexibility index (Phi) is 4.77. The third kappa shape index (κ3) is 3.38. The summed E-state index contributed by atoms with van der Waals surface area (Å²) in [7, 11) is 0. The molecule has 1 aliphatic heterocycles. The Morgan fingerprint density at radius 1 is 1.27 bits per heavy atom. The molecular weight excluding hydrogens is 348 g/mol. The average Bonchev–Trinajstić information content (AvgIpc) is 3.30. The van der Waals surface area contributed by atoms with E-state index < -0.39 is 0 Å². The Hall–Kier alpha value is -2.58. The fraction of sp³-hybridized carbons (Fsp3) is 0.333. The number of carbonyl (C=O) groups is 1. The topological polar surface area (TPSA) is 84.7 Å². The van der Waals surface area contributed by atoms with Crippen molar-refractivity contribution in [3.63, 3.8) is 0 Å². The molecule has 1 aliphatic rings. The second-order valence-electron chi connectivity index (χ2n) is 6.31. The van der Waals surface area contributed by atoms with E-state index in [1.54, 1.807) is 0 Å². The lowest BCUT2D eigenvalue weighted by Gasteiger charge is -2.23. The van der Waals surface area contributed by atoms with Crippen molar-refractivity contribution in [3.05, 3.63) is 47.1 Å². The van der Waals surface area contributed by atoms with E-state index in [1.165, 1.54) is 11.3 Å². The van der Waals surface area contributed by atoms with Gasteiger partial charge in [0.1, 0.15) is 0 Å². The van der Waals surface area contributed by atoms with E-state index in [-0.39, 0.29) is 5.91 Å². The molecule has 2 N–H and O–H groups in total. The summed E-state index contributed by atoms with van der Waals surface area (Å²) < 4.78 is 1.88. The number of piperidine rings is 1. The van der Waals surface area contributed by atoms with Gasteiger partial charge in [-0.2, -0.15) is 0 Å². The predicted molar refractivity (Wildman–Crippen MR) is 101 cm³/mol. The van der Waals surface area contributed by atoms with Crippen LogP contribution in [0.3, 0.4) is 0 Å². The van der Waals surface area contributed by atoms with Gasteiger partial charge < -0.3 is 5.32 Å². The van der Waals surface area contributed by atoms with Crippen molar-refractivity contribution < 1.29 is 4.79 Å². The predicted octanol–water partition coefficient (Wildman–Crippen LogP) is 2.89. The minimum atomic E-state index is -0.267. The van der Waals surface area contributed by atoms with E-state index in [9.17, 15) is 4.79 Å². The monoisotopic (exact) mass is 368 g/mol. The second kappa shape index (κ2) is 7.35. The van der Waals surface area contributed by atoms with E-state index in [2.05, 4.69) is 25.9 Å². The van der Waals surface area contributed by atoms with Gasteiger partial charge in [0.05, 0.1) is 17.4 Å². The van der Waals surface area contributed by atoms with Crippen molar-refractivity contribution >= 4 is 22.4 Å². The number of carbonyl (C=O) groups excluding carboxylic acids is 1. The summed E-state index contributed by atoms with van der Waals surface area (Å²) >= 11 is 1.40. The highest BCUT2D eigenvalue weighted by Crippen LogP contribution is 2.25. The molecule has 0 radical (unpaired) electrons. The van der Waals surface area contributed by atoms with Gasteiger partial charge in [-0.05, 0) is 32.9 Å². The van der Waals surface area contributed by atoms with Crippen LogP contribution in [0.15, 0.2) is 35.7 Å². The number of aromatic nitrogens is 4. The van der Waals surface area contributed by atoms with E-state index in [0.717, 1.165) is 42.9 Å². The van der Waals surface area contributed by atoms with Crippen LogP contribution in [0.4, 0.5) is 5.13 Å². The number of nitrogens with zero attached hydrogens (tertiary/aromatic N) is 4. The fourth-order valence-electron chi connectivity index (χ4n) is 3.18. The number of hydrogen-bond donors (Lipinski definition) is 2. The molecule has 1 amide bonds. The maximum atomic E-state index is 12.6. The van der Waals surface area contributed by atoms with Crippen LogP contribution in [0.25, 0.3) is 11.3 Å². The number of nitrogens with one attached hydrogen (secondary N) is 2. The van der Waals surface area contributed by atoms with Gasteiger partial charge in [-0.1, -0.05) is 35.5 Å². The third-order valence-electron chi connectivity index (χ3n) is 4.59. The molecule has 0 unspecified atom stereocenters. The van der Waals surface area contributed by atoms with Gasteiger partial charge in [-0.25, -0.2) is 9.67 Å². The highest BCUT2D eigenvalue weighted by atomic mass is 32.1. The molecule has 3 heterocycles. The highest BCUT2D eigenvalue weighted by Gasteiger charge is 2.23. The largest absolute Gasteiger partial charge is 0.317 e. The summed E-state index contributed by atoms with van der Waals surface area (Å²) in [6.07, 6.45) is 2.00. The molecule has 3 aromatic rings. The van der Waals surface area contributed by atoms with Crippen LogP contribution in [-0.2, 0) is 0 Å². The normalized spacial score (nSPS) is 15.1. The van der Waals surface area contributed by atoms with E-state index in [0.29, 0.717) is 16.9 Å². The fourth-order valence-corrected chi connectivity index (χ4v) is 3.89. The van der Waals surface area contributed by atoms with Crippen LogP contribution < -0.4 is 10.6 Å². The molecule has 0 saturated carbocycles. The third-order valence-corrected chi connectivity index (χ3v) is 5.35. The molecule has 8 heteroatoms. The van der Waals surface area contributed by atoms with Gasteiger partial charge in [0.2, 0.25) is 0 Å². The van der Waals surface area contributed by atoms with Crippen LogP contribution in [0.2, 0.25) is 0 Å². The van der Waals surface area contributed by atoms with Crippen LogP contribution >= 0.6 is 11.3 Å². The number of rotatable bonds is 4. The van der Waals surface area contributed by atoms with Gasteiger partial charge >= 0.3 is 0 Å². The quantitative estimate of drug-likeness (QED) is 0.740. The molecule has 0 bridgehead atoms. The van der Waals surface area contributed by atoms with Gasteiger partial charge in [0, 0.05) is 10.9 Å². The molecule has 7 nitrogen and oxygen atoms in total. The lowest BCUT2D eigenvalue weighted by Crippen LogP contribution is -2.30. The lowest BCUT2D eigenvalue weighted by molar-refractivity contribution is 0.102. The van der Waals surface area contributed by atoms with Crippen LogP contribution in [-0.4, -0.2) is 39.0 Å². The Balaban J connectivity index is 1.49. The zero-order valence-corrected chi connectivity index (χ0v) is 15.3. The number of thiazole rings is 1. The molecule has 1 saturated heterocycles. The van der Waals surface area contributed by atoms with Crippen molar-refractivity contribution in [1.82, 2.24) is 25.3 Å². The van der Waals surface area contributed by atoms with Gasteiger partial charge in [0.25, 0.3) is 5.91 Å². The average molecular weight is 368 g/mol. The zero-order chi connectivity index (χ0) is 17.9. The zero-order valence-electron chi connectivity index (χ0n) is 14.5. The standard InChI is InChI=1S/C18H20N6OS/c1-12-16(22-23-24(12)14-7-9-19-10-8-14)17(25)21-18-20-15(11-26-18)13-5-3-2-4-6-13/h2-6,11,14,19H,7-10H2,1H3,(H,20,21,25). The van der Waals surface area contributed by atoms with Crippen molar-refractivity contribution in [2.45, 2.75) is 25.8 Å². The Labute approximate surface area is 155 Å². The first-order chi connectivity index (χ1) is 12.7. The summed E-state index contributed by atoms with van der Waals surface area (Å²) in [6, 6.07) is 10.2. The molecule has 0 aliphatic carbocycles. The summed E-state index contributed by atoms with van der Waals surface area (Å²) in [5, 5.41) is 17.0. The summed E-state index contributed by atoms with van der Waals surface area (Å²) in [5.74, 6) is -0.267. The molecule has 1 fully saturated rings. The molecule has 2 aromatic heterocycles. The molecule has 1 aromatic carbocycles. The Bertz CT molecular complexity index is 898. The van der Waals surface area contributed by atoms with Gasteiger partial charge in [0.15, 0.2) is 10.8 Å². The number of hydrogen-bond acceptors (Lipinski definition) is 6. The van der Waals surface area contributed by atoms with E-state index >= 15 is 0 Å². The minimum absolute atomic E-state index is 0.267. The first-order valence-corrected chi connectivity index (χ1v) is 9.55. The maximum absolute atomic E-state index is 12.6. The molecular formula is C18H20N6OS. The van der Waals surface area contributed by atoms with Crippen molar-refractivity contribution in [2.75, 3.05) is 18.4 Å². The Morgan fingerprint density at radius 3 is 2.81 bits per heavy atom. The van der Waals surface area contributed by atoms with Crippen LogP contribution in [0, 0.1) is 6.92 Å². The molecule has 134 valence electrons. The van der Waals surface area contributed by atoms with Crippen LogP contribution in [0.5, 0.6) is 0 Å². The summed E-state index contributed by atoms with van der Waals surface area (Å²) in [5.41, 5.74) is 3.03. The first-order valence-electron chi connectivity index (χ1n) is 8.67. The number of amides is 1. The van der Waals surface area contributed by atoms with E-state index in [4.69, 9.17) is 0 Å². The molecule has 0 spiro atoms. The number of benzene rings is 1. The van der Waals surface area contributed by atoms with Gasteiger partial charge in [-0.15, -0.1) is 16.4 Å². The highest BCUT2D eigenvalue weighted by molar-refractivity contribution is 7.14. The summed E-state index contributed by atoms with van der Waals surface area (Å²) in [6.45, 7) is 3.83. The van der Waals surface area contributed by atoms with Crippen LogP contribution in [0.1, 0.15) is 35.1 Å². The summed E-state index contributed by atoms with van der Waals surface area (Å²) in [4.78, 5) is 17.1. The Morgan fingerprint density at radius 2 is 2.04 bits per heavy atom. The van der Waals surface area contributed by atoms with Crippen molar-refractivity contribution in [2.24, 2.45) is 0 Å². The van der Waals surface area contributed by atoms with Gasteiger partial charge in [-0.3, -0.25) is 10.1 Å². The molecule has 0 atom stereocenters. The second-order valence-corrected chi connectivity index (χ2v) is 7.17.